The Balaban J connectivity index is 2.62. The van der Waals surface area contributed by atoms with Gasteiger partial charge in [0.25, 0.3) is 0 Å². The van der Waals surface area contributed by atoms with Crippen LogP contribution < -0.4 is 0 Å². The number of rotatable bonds is 1. The number of aliphatic imine (C=N–C) groups is 1. The summed E-state index contributed by atoms with van der Waals surface area (Å²) in [5.74, 6) is 0. The van der Waals surface area contributed by atoms with E-state index in [0.717, 1.165) is 0 Å². The van der Waals surface area contributed by atoms with Crippen molar-refractivity contribution in [2.45, 2.75) is 0 Å². The Kier molecular flexibility index (Phi) is 3.31. The molecule has 0 saturated carbocycles. The second-order valence-corrected chi connectivity index (χ2v) is 0.595. The third-order valence-corrected chi connectivity index (χ3v) is 0.252. The molecule has 30 valence electrons. The highest BCUT2D eigenvalue weighted by Gasteiger charge is 1.57. The summed E-state index contributed by atoms with van der Waals surface area (Å²) in [4.78, 5) is 3.35. The minimum Gasteiger partial charge on any atom is -0.298 e. The minimum absolute atomic E-state index is 0.448. The van der Waals surface area contributed by atoms with E-state index in [2.05, 4.69) is 4.99 Å². The van der Waals surface area contributed by atoms with Crippen LogP contribution in [0.5, 0.6) is 0 Å². The van der Waals surface area contributed by atoms with E-state index in [1.165, 1.54) is 6.21 Å². The quantitative estimate of drug-likeness (QED) is 0.406. The standard InChI is InChI=1S/C3H6FN/c1-5-3-2-4/h3H,2H2,1H3/b5-3+. The first-order valence-corrected chi connectivity index (χ1v) is 1.38. The number of hydrogen-bond acceptors (Lipinski definition) is 1. The Bertz CT molecular complexity index is 33.9. The van der Waals surface area contributed by atoms with Crippen molar-refractivity contribution < 1.29 is 4.39 Å². The van der Waals surface area contributed by atoms with Crippen molar-refractivity contribution in [3.8, 4) is 0 Å². The first-order valence-electron chi connectivity index (χ1n) is 1.38. The SMILES string of the molecule is C/N=C/CF. The first kappa shape index (κ1) is 4.60. The van der Waals surface area contributed by atoms with Gasteiger partial charge in [0.1, 0.15) is 6.67 Å². The van der Waals surface area contributed by atoms with E-state index in [9.17, 15) is 4.39 Å². The van der Waals surface area contributed by atoms with Crippen molar-refractivity contribution in [3.63, 3.8) is 0 Å². The maximum atomic E-state index is 10.8. The lowest BCUT2D eigenvalue weighted by Gasteiger charge is -1.63. The average Bonchev–Trinajstić information content (AvgIpc) is 1.41. The molecule has 0 atom stereocenters. The van der Waals surface area contributed by atoms with E-state index in [4.69, 9.17) is 0 Å². The molecule has 0 unspecified atom stereocenters. The Morgan fingerprint density at radius 2 is 2.60 bits per heavy atom. The summed E-state index contributed by atoms with van der Waals surface area (Å²) in [5, 5.41) is 0. The van der Waals surface area contributed by atoms with Crippen LogP contribution in [0.3, 0.4) is 0 Å². The molecular formula is C3H6FN. The molecule has 0 radical (unpaired) electrons. The molecule has 5 heavy (non-hydrogen) atoms. The number of hydrogen-bond donors (Lipinski definition) is 0. The first-order chi connectivity index (χ1) is 2.41. The van der Waals surface area contributed by atoms with Crippen LogP contribution in [0.15, 0.2) is 4.99 Å². The van der Waals surface area contributed by atoms with Crippen LogP contribution in [0, 0.1) is 0 Å². The molecule has 1 nitrogen and oxygen atoms in total. The van der Waals surface area contributed by atoms with Gasteiger partial charge in [-0.15, -0.1) is 0 Å². The van der Waals surface area contributed by atoms with Crippen LogP contribution in [0.2, 0.25) is 0 Å². The highest BCUT2D eigenvalue weighted by molar-refractivity contribution is 5.57. The van der Waals surface area contributed by atoms with E-state index < -0.39 is 6.67 Å². The van der Waals surface area contributed by atoms with E-state index in [1.54, 1.807) is 7.05 Å². The summed E-state index contributed by atoms with van der Waals surface area (Å²) in [6.07, 6.45) is 1.21. The van der Waals surface area contributed by atoms with Crippen molar-refractivity contribution in [2.24, 2.45) is 4.99 Å². The van der Waals surface area contributed by atoms with Crippen LogP contribution in [-0.2, 0) is 0 Å². The van der Waals surface area contributed by atoms with Gasteiger partial charge in [-0.25, -0.2) is 4.39 Å². The lowest BCUT2D eigenvalue weighted by atomic mass is 10.8. The average molecular weight is 75.1 g/mol. The second kappa shape index (κ2) is 3.60. The van der Waals surface area contributed by atoms with Crippen molar-refractivity contribution in [2.75, 3.05) is 13.7 Å². The molecule has 0 spiro atoms. The molecule has 2 heteroatoms. The van der Waals surface area contributed by atoms with Gasteiger partial charge in [0.2, 0.25) is 0 Å². The van der Waals surface area contributed by atoms with Gasteiger partial charge in [-0.2, -0.15) is 0 Å². The maximum Gasteiger partial charge on any atom is 0.124 e. The summed E-state index contributed by atoms with van der Waals surface area (Å²) in [7, 11) is 1.54. The van der Waals surface area contributed by atoms with Crippen LogP contribution in [0.25, 0.3) is 0 Å². The van der Waals surface area contributed by atoms with E-state index in [0.29, 0.717) is 0 Å². The molecule has 0 aromatic rings. The molecule has 0 aliphatic carbocycles. The highest BCUT2D eigenvalue weighted by Crippen LogP contribution is 1.54. The fourth-order valence-electron chi connectivity index (χ4n) is 0.0690. The van der Waals surface area contributed by atoms with E-state index in [1.807, 2.05) is 0 Å². The summed E-state index contributed by atoms with van der Waals surface area (Å²) >= 11 is 0. The zero-order valence-electron chi connectivity index (χ0n) is 3.11. The summed E-state index contributed by atoms with van der Waals surface area (Å²) in [5.41, 5.74) is 0. The topological polar surface area (TPSA) is 12.4 Å². The van der Waals surface area contributed by atoms with Gasteiger partial charge >= 0.3 is 0 Å². The summed E-state index contributed by atoms with van der Waals surface area (Å²) in [6, 6.07) is 0. The molecule has 0 aliphatic heterocycles. The van der Waals surface area contributed by atoms with Crippen LogP contribution in [0.1, 0.15) is 0 Å². The molecule has 0 amide bonds. The van der Waals surface area contributed by atoms with Gasteiger partial charge in [0, 0.05) is 13.3 Å². The van der Waals surface area contributed by atoms with Gasteiger partial charge < -0.3 is 0 Å². The predicted molar refractivity (Wildman–Crippen MR) is 20.4 cm³/mol. The Morgan fingerprint density at radius 1 is 2.00 bits per heavy atom. The Labute approximate surface area is 30.5 Å². The molecule has 0 aromatic heterocycles. The molecule has 0 rings (SSSR count). The van der Waals surface area contributed by atoms with Gasteiger partial charge in [0.15, 0.2) is 0 Å². The third kappa shape index (κ3) is 3.60. The summed E-state index contributed by atoms with van der Waals surface area (Å²) < 4.78 is 10.8. The normalized spacial score (nSPS) is 10.0. The van der Waals surface area contributed by atoms with Crippen LogP contribution >= 0.6 is 0 Å². The van der Waals surface area contributed by atoms with Crippen molar-refractivity contribution in [3.05, 3.63) is 0 Å². The zero-order chi connectivity index (χ0) is 4.12. The lowest BCUT2D eigenvalue weighted by molar-refractivity contribution is 0.587. The largest absolute Gasteiger partial charge is 0.298 e. The molecule has 0 heterocycles. The van der Waals surface area contributed by atoms with Crippen LogP contribution in [0.4, 0.5) is 4.39 Å². The van der Waals surface area contributed by atoms with Gasteiger partial charge in [-0.1, -0.05) is 0 Å². The fraction of sp³-hybridized carbons (Fsp3) is 0.667. The lowest BCUT2D eigenvalue weighted by Crippen LogP contribution is -1.69. The zero-order valence-corrected chi connectivity index (χ0v) is 3.11. The molecule has 0 aliphatic rings. The third-order valence-electron chi connectivity index (χ3n) is 0.252. The molecular weight excluding hydrogens is 69.0 g/mol. The van der Waals surface area contributed by atoms with Gasteiger partial charge in [0.05, 0.1) is 0 Å². The second-order valence-electron chi connectivity index (χ2n) is 0.595. The number of nitrogens with zero attached hydrogens (tertiary/aromatic N) is 1. The monoisotopic (exact) mass is 75.0 g/mol. The number of halogens is 1. The smallest absolute Gasteiger partial charge is 0.124 e. The highest BCUT2D eigenvalue weighted by atomic mass is 19.1. The van der Waals surface area contributed by atoms with E-state index in [-0.39, 0.29) is 0 Å². The minimum atomic E-state index is -0.448. The van der Waals surface area contributed by atoms with E-state index >= 15 is 0 Å². The van der Waals surface area contributed by atoms with Gasteiger partial charge in [-0.05, 0) is 0 Å². The Morgan fingerprint density at radius 3 is 2.60 bits per heavy atom. The van der Waals surface area contributed by atoms with Crippen molar-refractivity contribution in [1.29, 1.82) is 0 Å². The molecule has 0 fully saturated rings. The maximum absolute atomic E-state index is 10.8. The molecule has 0 N–H and O–H groups in total. The van der Waals surface area contributed by atoms with Crippen molar-refractivity contribution >= 4 is 6.21 Å². The Hall–Kier alpha value is -0.400. The summed E-state index contributed by atoms with van der Waals surface area (Å²) in [6.45, 7) is -0.448. The molecule has 0 bridgehead atoms. The van der Waals surface area contributed by atoms with Gasteiger partial charge in [-0.3, -0.25) is 4.99 Å². The van der Waals surface area contributed by atoms with Crippen LogP contribution in [-0.4, -0.2) is 19.9 Å². The molecule has 0 saturated heterocycles. The molecule has 0 aromatic carbocycles. The number of alkyl halides is 1. The fourth-order valence-corrected chi connectivity index (χ4v) is 0.0690. The van der Waals surface area contributed by atoms with Crippen molar-refractivity contribution in [1.82, 2.24) is 0 Å². The predicted octanol–water partition coefficient (Wildman–Crippen LogP) is 0.657.